The molecule has 5 heteroatoms. The molecular weight excluding hydrogens is 404 g/mol. The minimum atomic E-state index is -0.0741. The first-order valence-corrected chi connectivity index (χ1v) is 10.9. The molecule has 0 unspecified atom stereocenters. The molecule has 1 saturated heterocycles. The second kappa shape index (κ2) is 8.82. The predicted molar refractivity (Wildman–Crippen MR) is 130 cm³/mol. The first-order valence-electron chi connectivity index (χ1n) is 10.1. The van der Waals surface area contributed by atoms with E-state index in [4.69, 9.17) is 9.73 Å². The number of amides is 1. The van der Waals surface area contributed by atoms with Crippen molar-refractivity contribution >= 4 is 40.3 Å². The first-order chi connectivity index (χ1) is 14.9. The number of rotatable bonds is 4. The van der Waals surface area contributed by atoms with Crippen LogP contribution >= 0.6 is 11.8 Å². The van der Waals surface area contributed by atoms with E-state index >= 15 is 0 Å². The summed E-state index contributed by atoms with van der Waals surface area (Å²) >= 11 is 1.39. The molecule has 1 amide bonds. The Morgan fingerprint density at radius 3 is 2.16 bits per heavy atom. The standard InChI is InChI=1S/C26H24N2O2S/c1-17-5-10-21(11-6-17)27-26-28(22-12-7-18(2)8-13-22)25(29)24(31-26)16-20-9-14-23(30-4)15-19(20)3/h5-16H,1-4H3/b24-16+,27-26?. The zero-order valence-corrected chi connectivity index (χ0v) is 18.9. The smallest absolute Gasteiger partial charge is 0.271 e. The fourth-order valence-corrected chi connectivity index (χ4v) is 4.27. The number of benzene rings is 3. The van der Waals surface area contributed by atoms with Gasteiger partial charge in [0.1, 0.15) is 5.75 Å². The molecule has 0 spiro atoms. The van der Waals surface area contributed by atoms with Gasteiger partial charge in [0.25, 0.3) is 5.91 Å². The van der Waals surface area contributed by atoms with Crippen molar-refractivity contribution in [3.8, 4) is 5.75 Å². The Labute approximate surface area is 187 Å². The summed E-state index contributed by atoms with van der Waals surface area (Å²) in [5.41, 5.74) is 5.97. The molecule has 3 aromatic carbocycles. The Morgan fingerprint density at radius 1 is 0.903 bits per heavy atom. The van der Waals surface area contributed by atoms with Crippen molar-refractivity contribution < 1.29 is 9.53 Å². The lowest BCUT2D eigenvalue weighted by Crippen LogP contribution is -2.28. The van der Waals surface area contributed by atoms with Crippen molar-refractivity contribution in [2.24, 2.45) is 4.99 Å². The number of methoxy groups -OCH3 is 1. The van der Waals surface area contributed by atoms with Crippen molar-refractivity contribution in [3.63, 3.8) is 0 Å². The van der Waals surface area contributed by atoms with E-state index in [2.05, 4.69) is 0 Å². The van der Waals surface area contributed by atoms with Gasteiger partial charge in [-0.2, -0.15) is 0 Å². The maximum Gasteiger partial charge on any atom is 0.271 e. The molecule has 0 atom stereocenters. The summed E-state index contributed by atoms with van der Waals surface area (Å²) in [6, 6.07) is 21.8. The number of thioether (sulfide) groups is 1. The van der Waals surface area contributed by atoms with Gasteiger partial charge in [-0.3, -0.25) is 9.69 Å². The summed E-state index contributed by atoms with van der Waals surface area (Å²) in [7, 11) is 1.65. The SMILES string of the molecule is COc1ccc(/C=C2/SC(=Nc3ccc(C)cc3)N(c3ccc(C)cc3)C2=O)c(C)c1. The maximum atomic E-state index is 13.4. The molecule has 0 aliphatic carbocycles. The average molecular weight is 429 g/mol. The Morgan fingerprint density at radius 2 is 1.55 bits per heavy atom. The Hall–Kier alpha value is -3.31. The molecule has 1 heterocycles. The molecule has 3 aromatic rings. The quantitative estimate of drug-likeness (QED) is 0.450. The Balaban J connectivity index is 1.76. The third-order valence-corrected chi connectivity index (χ3v) is 6.09. The van der Waals surface area contributed by atoms with E-state index in [0.29, 0.717) is 10.1 Å². The molecule has 0 radical (unpaired) electrons. The van der Waals surface area contributed by atoms with Crippen molar-refractivity contribution in [2.45, 2.75) is 20.8 Å². The molecule has 1 fully saturated rings. The average Bonchev–Trinajstić information content (AvgIpc) is 3.06. The van der Waals surface area contributed by atoms with E-state index in [1.807, 2.05) is 93.6 Å². The Bertz CT molecular complexity index is 1180. The van der Waals surface area contributed by atoms with Gasteiger partial charge in [-0.15, -0.1) is 0 Å². The second-order valence-corrected chi connectivity index (χ2v) is 8.55. The van der Waals surface area contributed by atoms with Crippen LogP contribution in [0, 0.1) is 20.8 Å². The fraction of sp³-hybridized carbons (Fsp3) is 0.154. The van der Waals surface area contributed by atoms with Crippen LogP contribution in [0.2, 0.25) is 0 Å². The van der Waals surface area contributed by atoms with Crippen LogP contribution in [0.25, 0.3) is 6.08 Å². The number of anilines is 1. The monoisotopic (exact) mass is 428 g/mol. The van der Waals surface area contributed by atoms with Gasteiger partial charge in [-0.25, -0.2) is 4.99 Å². The highest BCUT2D eigenvalue weighted by Crippen LogP contribution is 2.38. The third kappa shape index (κ3) is 4.57. The third-order valence-electron chi connectivity index (χ3n) is 5.12. The lowest BCUT2D eigenvalue weighted by atomic mass is 10.1. The highest BCUT2D eigenvalue weighted by atomic mass is 32.2. The number of hydrogen-bond donors (Lipinski definition) is 0. The summed E-state index contributed by atoms with van der Waals surface area (Å²) in [5.74, 6) is 0.725. The van der Waals surface area contributed by atoms with Crippen molar-refractivity contribution in [1.82, 2.24) is 0 Å². The molecule has 156 valence electrons. The van der Waals surface area contributed by atoms with Crippen LogP contribution in [0.5, 0.6) is 5.75 Å². The van der Waals surface area contributed by atoms with E-state index in [1.54, 1.807) is 12.0 Å². The summed E-state index contributed by atoms with van der Waals surface area (Å²) in [6.07, 6.45) is 1.93. The van der Waals surface area contributed by atoms with E-state index < -0.39 is 0 Å². The summed E-state index contributed by atoms with van der Waals surface area (Å²) in [6.45, 7) is 6.09. The van der Waals surface area contributed by atoms with Gasteiger partial charge in [-0.1, -0.05) is 41.5 Å². The van der Waals surface area contributed by atoms with Gasteiger partial charge in [0, 0.05) is 0 Å². The molecule has 4 nitrogen and oxygen atoms in total. The number of aliphatic imine (C=N–C) groups is 1. The van der Waals surface area contributed by atoms with Crippen molar-refractivity contribution in [1.29, 1.82) is 0 Å². The van der Waals surface area contributed by atoms with Crippen LogP contribution in [0.15, 0.2) is 76.6 Å². The molecular formula is C26H24N2O2S. The van der Waals surface area contributed by atoms with Gasteiger partial charge in [-0.05, 0) is 86.1 Å². The van der Waals surface area contributed by atoms with Gasteiger partial charge in [0.2, 0.25) is 0 Å². The Kier molecular flexibility index (Phi) is 5.96. The molecule has 0 bridgehead atoms. The largest absolute Gasteiger partial charge is 0.497 e. The van der Waals surface area contributed by atoms with Gasteiger partial charge in [0.05, 0.1) is 23.4 Å². The minimum absolute atomic E-state index is 0.0741. The van der Waals surface area contributed by atoms with Gasteiger partial charge in [0.15, 0.2) is 5.17 Å². The van der Waals surface area contributed by atoms with Crippen molar-refractivity contribution in [3.05, 3.63) is 93.9 Å². The highest BCUT2D eigenvalue weighted by Gasteiger charge is 2.34. The lowest BCUT2D eigenvalue weighted by molar-refractivity contribution is -0.113. The topological polar surface area (TPSA) is 41.9 Å². The number of carbonyl (C=O) groups excluding carboxylic acids is 1. The molecule has 0 aromatic heterocycles. The number of carbonyl (C=O) groups is 1. The first kappa shape index (κ1) is 20.9. The summed E-state index contributed by atoms with van der Waals surface area (Å²) in [5, 5.41) is 0.648. The number of hydrogen-bond acceptors (Lipinski definition) is 4. The molecule has 1 aliphatic heterocycles. The number of ether oxygens (including phenoxy) is 1. The minimum Gasteiger partial charge on any atom is -0.497 e. The van der Waals surface area contributed by atoms with Crippen LogP contribution in [0.1, 0.15) is 22.3 Å². The zero-order valence-electron chi connectivity index (χ0n) is 18.0. The number of amidine groups is 1. The van der Waals surface area contributed by atoms with E-state index in [-0.39, 0.29) is 5.91 Å². The number of aryl methyl sites for hydroxylation is 3. The normalized spacial score (nSPS) is 16.4. The van der Waals surface area contributed by atoms with Crippen LogP contribution < -0.4 is 9.64 Å². The van der Waals surface area contributed by atoms with Crippen LogP contribution in [0.4, 0.5) is 11.4 Å². The molecule has 0 N–H and O–H groups in total. The van der Waals surface area contributed by atoms with E-state index in [9.17, 15) is 4.79 Å². The molecule has 1 aliphatic rings. The van der Waals surface area contributed by atoms with Crippen molar-refractivity contribution in [2.75, 3.05) is 12.0 Å². The maximum absolute atomic E-state index is 13.4. The summed E-state index contributed by atoms with van der Waals surface area (Å²) < 4.78 is 5.30. The van der Waals surface area contributed by atoms with Crippen LogP contribution in [-0.2, 0) is 4.79 Å². The van der Waals surface area contributed by atoms with E-state index in [0.717, 1.165) is 33.8 Å². The van der Waals surface area contributed by atoms with Crippen LogP contribution in [-0.4, -0.2) is 18.2 Å². The highest BCUT2D eigenvalue weighted by molar-refractivity contribution is 8.19. The van der Waals surface area contributed by atoms with Gasteiger partial charge >= 0.3 is 0 Å². The second-order valence-electron chi connectivity index (χ2n) is 7.54. The summed E-state index contributed by atoms with van der Waals surface area (Å²) in [4.78, 5) is 20.5. The fourth-order valence-electron chi connectivity index (χ4n) is 3.28. The number of nitrogens with zero attached hydrogens (tertiary/aromatic N) is 2. The zero-order chi connectivity index (χ0) is 22.0. The molecule has 31 heavy (non-hydrogen) atoms. The molecule has 4 rings (SSSR count). The lowest BCUT2D eigenvalue weighted by Gasteiger charge is -2.16. The van der Waals surface area contributed by atoms with E-state index in [1.165, 1.54) is 17.3 Å². The predicted octanol–water partition coefficient (Wildman–Crippen LogP) is 6.43. The van der Waals surface area contributed by atoms with Crippen LogP contribution in [0.3, 0.4) is 0 Å². The van der Waals surface area contributed by atoms with Gasteiger partial charge < -0.3 is 4.74 Å². The molecule has 0 saturated carbocycles.